The first kappa shape index (κ1) is 26.3. The Labute approximate surface area is 235 Å². The Bertz CT molecular complexity index is 1670. The molecule has 2 aliphatic rings. The van der Waals surface area contributed by atoms with Crippen molar-refractivity contribution < 1.29 is 38.3 Å². The molecule has 0 spiro atoms. The lowest BCUT2D eigenvalue weighted by atomic mass is 10.0. The van der Waals surface area contributed by atoms with Crippen LogP contribution in [0.3, 0.4) is 0 Å². The van der Waals surface area contributed by atoms with Gasteiger partial charge in [-0.2, -0.15) is 0 Å². The fraction of sp³-hybridized carbons (Fsp3) is 0.259. The molecular formula is C27H23N3O8S2. The summed E-state index contributed by atoms with van der Waals surface area (Å²) in [6.45, 7) is -0.120. The minimum atomic E-state index is -1.30. The minimum Gasteiger partial charge on any atom is -0.480 e. The van der Waals surface area contributed by atoms with Crippen molar-refractivity contribution in [2.45, 2.75) is 27.7 Å². The number of hydrogen-bond acceptors (Lipinski definition) is 10. The zero-order valence-corrected chi connectivity index (χ0v) is 22.7. The van der Waals surface area contributed by atoms with E-state index in [4.69, 9.17) is 13.7 Å². The quantitative estimate of drug-likeness (QED) is 0.161. The molecule has 3 atom stereocenters. The first-order chi connectivity index (χ1) is 19.3. The van der Waals surface area contributed by atoms with Crippen LogP contribution in [-0.4, -0.2) is 74.2 Å². The number of carboxylic acids is 1. The number of aliphatic carboxylic acids is 1. The van der Waals surface area contributed by atoms with Gasteiger partial charge in [0.1, 0.15) is 34.4 Å². The summed E-state index contributed by atoms with van der Waals surface area (Å²) in [6, 6.07) is 13.3. The van der Waals surface area contributed by atoms with Gasteiger partial charge in [-0.1, -0.05) is 17.3 Å². The number of thioether (sulfide) groups is 2. The maximum absolute atomic E-state index is 13.1. The lowest BCUT2D eigenvalue weighted by Crippen LogP contribution is -2.74. The number of nitrogens with one attached hydrogen (secondary N) is 1. The van der Waals surface area contributed by atoms with Crippen LogP contribution in [0.15, 0.2) is 73.7 Å². The molecule has 2 aromatic carbocycles. The lowest BCUT2D eigenvalue weighted by molar-refractivity contribution is -0.151. The molecule has 40 heavy (non-hydrogen) atoms. The topological polar surface area (TPSA) is 155 Å². The second kappa shape index (κ2) is 10.2. The van der Waals surface area contributed by atoms with Crippen molar-refractivity contribution >= 4 is 69.0 Å². The van der Waals surface area contributed by atoms with E-state index in [1.807, 2.05) is 24.3 Å². The van der Waals surface area contributed by atoms with Crippen LogP contribution < -0.4 is 5.32 Å². The second-order valence-electron chi connectivity index (χ2n) is 9.37. The predicted molar refractivity (Wildman–Crippen MR) is 148 cm³/mol. The highest BCUT2D eigenvalue weighted by Crippen LogP contribution is 2.47. The summed E-state index contributed by atoms with van der Waals surface area (Å²) >= 11 is 2.47. The Balaban J connectivity index is 1.19. The number of fused-ring (bicyclic) bond motifs is 4. The Morgan fingerprint density at radius 2 is 2.00 bits per heavy atom. The first-order valence-electron chi connectivity index (χ1n) is 12.2. The molecule has 3 N–H and O–H groups in total. The third kappa shape index (κ3) is 4.39. The second-order valence-corrected chi connectivity index (χ2v) is 11.9. The number of aliphatic hydroxyl groups excluding tert-OH is 1. The zero-order chi connectivity index (χ0) is 28.0. The normalized spacial score (nSPS) is 22.7. The van der Waals surface area contributed by atoms with E-state index < -0.39 is 28.0 Å². The molecule has 2 aromatic heterocycles. The van der Waals surface area contributed by atoms with Gasteiger partial charge in [0.2, 0.25) is 11.6 Å². The number of carbonyl (C=O) groups excluding carboxylic acids is 2. The van der Waals surface area contributed by atoms with E-state index >= 15 is 0 Å². The van der Waals surface area contributed by atoms with Crippen molar-refractivity contribution in [2.75, 3.05) is 19.4 Å². The van der Waals surface area contributed by atoms with Crippen LogP contribution in [0, 0.1) is 0 Å². The summed E-state index contributed by atoms with van der Waals surface area (Å²) in [5, 5.41) is 27.5. The molecule has 2 saturated heterocycles. The van der Waals surface area contributed by atoms with Crippen LogP contribution in [0.4, 0.5) is 0 Å². The molecule has 2 fully saturated rings. The van der Waals surface area contributed by atoms with Gasteiger partial charge in [0.05, 0.1) is 12.9 Å². The Morgan fingerprint density at radius 3 is 2.70 bits per heavy atom. The van der Waals surface area contributed by atoms with Gasteiger partial charge in [-0.3, -0.25) is 14.4 Å². The van der Waals surface area contributed by atoms with E-state index in [1.54, 1.807) is 24.3 Å². The Hall–Kier alpha value is -3.94. The standard InChI is InChI=1S/C27H23N3O8S2/c1-36-29-21(18-3-2-8-37-18)23(32)28-22-24(33)30-12-27(26(34)35,13-39-25(22)30)40-15-5-7-17-16-6-4-14(11-31)9-19(16)38-20(17)10-15/h2-10,22,25,31H,11-13H2,1H3,(H,28,32)(H,34,35)/t22-,25-,27?/m1/s1. The maximum Gasteiger partial charge on any atom is 0.322 e. The van der Waals surface area contributed by atoms with E-state index in [0.29, 0.717) is 16.1 Å². The summed E-state index contributed by atoms with van der Waals surface area (Å²) in [7, 11) is 1.30. The average molecular weight is 582 g/mol. The number of carbonyl (C=O) groups is 3. The fourth-order valence-corrected chi connectivity index (χ4v) is 7.76. The van der Waals surface area contributed by atoms with E-state index in [2.05, 4.69) is 10.5 Å². The number of β-lactam (4-membered cyclic amide) rings is 1. The van der Waals surface area contributed by atoms with Gasteiger partial charge < -0.3 is 34.1 Å². The highest BCUT2D eigenvalue weighted by atomic mass is 32.2. The van der Waals surface area contributed by atoms with Crippen LogP contribution in [0.2, 0.25) is 0 Å². The van der Waals surface area contributed by atoms with Crippen LogP contribution in [-0.2, 0) is 25.8 Å². The van der Waals surface area contributed by atoms with Crippen molar-refractivity contribution in [1.82, 2.24) is 10.2 Å². The lowest BCUT2D eigenvalue weighted by Gasteiger charge is -2.53. The Morgan fingerprint density at radius 1 is 1.23 bits per heavy atom. The van der Waals surface area contributed by atoms with Crippen molar-refractivity contribution in [3.05, 3.63) is 66.1 Å². The third-order valence-electron chi connectivity index (χ3n) is 6.89. The molecular weight excluding hydrogens is 558 g/mol. The van der Waals surface area contributed by atoms with Gasteiger partial charge in [-0.15, -0.1) is 23.5 Å². The number of nitrogens with zero attached hydrogens (tertiary/aromatic N) is 2. The molecule has 13 heteroatoms. The summed E-state index contributed by atoms with van der Waals surface area (Å²) in [6.07, 6.45) is 1.39. The number of furan rings is 2. The molecule has 0 bridgehead atoms. The molecule has 2 amide bonds. The number of rotatable bonds is 8. The summed E-state index contributed by atoms with van der Waals surface area (Å²) < 4.78 is 9.94. The summed E-state index contributed by atoms with van der Waals surface area (Å²) in [5.74, 6) is -1.64. The van der Waals surface area contributed by atoms with Gasteiger partial charge in [0, 0.05) is 28.0 Å². The smallest absolute Gasteiger partial charge is 0.322 e. The molecule has 6 rings (SSSR count). The van der Waals surface area contributed by atoms with Crippen LogP contribution in [0.5, 0.6) is 0 Å². The molecule has 206 valence electrons. The molecule has 0 saturated carbocycles. The Kier molecular flexibility index (Phi) is 6.72. The minimum absolute atomic E-state index is 0.0227. The number of carboxylic acid groups (broad SMARTS) is 1. The molecule has 4 aromatic rings. The molecule has 1 unspecified atom stereocenters. The molecule has 4 heterocycles. The summed E-state index contributed by atoms with van der Waals surface area (Å²) in [4.78, 5) is 45.4. The van der Waals surface area contributed by atoms with E-state index in [1.165, 1.54) is 41.8 Å². The highest BCUT2D eigenvalue weighted by molar-refractivity contribution is 8.05. The fourth-order valence-electron chi connectivity index (χ4n) is 4.89. The predicted octanol–water partition coefficient (Wildman–Crippen LogP) is 3.04. The van der Waals surface area contributed by atoms with Gasteiger partial charge in [0.25, 0.3) is 5.91 Å². The molecule has 2 aliphatic heterocycles. The highest BCUT2D eigenvalue weighted by Gasteiger charge is 2.58. The van der Waals surface area contributed by atoms with Crippen LogP contribution >= 0.6 is 23.5 Å². The number of amides is 2. The zero-order valence-electron chi connectivity index (χ0n) is 21.0. The van der Waals surface area contributed by atoms with Gasteiger partial charge in [-0.05, 0) is 42.0 Å². The summed E-state index contributed by atoms with van der Waals surface area (Å²) in [5.41, 5.74) is 1.86. The van der Waals surface area contributed by atoms with Crippen molar-refractivity contribution in [3.63, 3.8) is 0 Å². The molecule has 11 nitrogen and oxygen atoms in total. The molecule has 0 aliphatic carbocycles. The van der Waals surface area contributed by atoms with E-state index in [0.717, 1.165) is 16.3 Å². The average Bonchev–Trinajstić information content (AvgIpc) is 3.61. The number of benzene rings is 2. The number of oxime groups is 1. The number of aliphatic hydroxyl groups is 1. The van der Waals surface area contributed by atoms with Crippen molar-refractivity contribution in [2.24, 2.45) is 5.16 Å². The molecule has 0 radical (unpaired) electrons. The van der Waals surface area contributed by atoms with E-state index in [-0.39, 0.29) is 36.3 Å². The van der Waals surface area contributed by atoms with Crippen LogP contribution in [0.25, 0.3) is 21.9 Å². The van der Waals surface area contributed by atoms with Crippen molar-refractivity contribution in [1.29, 1.82) is 0 Å². The van der Waals surface area contributed by atoms with Crippen molar-refractivity contribution in [3.8, 4) is 0 Å². The van der Waals surface area contributed by atoms with Gasteiger partial charge >= 0.3 is 5.97 Å². The maximum atomic E-state index is 13.1. The third-order valence-corrected chi connectivity index (χ3v) is 9.93. The van der Waals surface area contributed by atoms with E-state index in [9.17, 15) is 24.6 Å². The van der Waals surface area contributed by atoms with Gasteiger partial charge in [0.15, 0.2) is 5.76 Å². The number of hydrogen-bond donors (Lipinski definition) is 3. The van der Waals surface area contributed by atoms with Crippen LogP contribution in [0.1, 0.15) is 11.3 Å². The monoisotopic (exact) mass is 581 g/mol. The largest absolute Gasteiger partial charge is 0.480 e. The van der Waals surface area contributed by atoms with Gasteiger partial charge in [-0.25, -0.2) is 0 Å². The SMILES string of the molecule is CON=C(C(=O)N[C@@H]1C(=O)N2CC(Sc3ccc4c(c3)oc3cc(CO)ccc34)(C(=O)O)CS[C@H]12)c1ccco1. The first-order valence-corrected chi connectivity index (χ1v) is 14.1.